The minimum atomic E-state index is -0.116. The molecule has 0 radical (unpaired) electrons. The normalized spacial score (nSPS) is 35.5. The summed E-state index contributed by atoms with van der Waals surface area (Å²) in [5.41, 5.74) is 0. The summed E-state index contributed by atoms with van der Waals surface area (Å²) < 4.78 is 40.5. The van der Waals surface area contributed by atoms with E-state index in [1.54, 1.807) is 0 Å². The van der Waals surface area contributed by atoms with E-state index < -0.39 is 0 Å². The molecule has 3 saturated heterocycles. The maximum atomic E-state index is 6.07. The van der Waals surface area contributed by atoms with E-state index in [2.05, 4.69) is 0 Å². The molecule has 3 heterocycles. The van der Waals surface area contributed by atoms with Crippen molar-refractivity contribution in [3.63, 3.8) is 0 Å². The van der Waals surface area contributed by atoms with Gasteiger partial charge in [-0.3, -0.25) is 0 Å². The van der Waals surface area contributed by atoms with Crippen LogP contribution in [0.4, 0.5) is 0 Å². The highest BCUT2D eigenvalue weighted by molar-refractivity contribution is 4.96. The Kier molecular flexibility index (Phi) is 7.08. The fraction of sp³-hybridized carbons (Fsp3) is 1.00. The summed E-state index contributed by atoms with van der Waals surface area (Å²) in [7, 11) is 0. The number of fused-ring (bicyclic) bond motifs is 1. The molecule has 3 aliphatic rings. The van der Waals surface area contributed by atoms with E-state index in [0.717, 1.165) is 6.61 Å². The van der Waals surface area contributed by atoms with Gasteiger partial charge < -0.3 is 33.2 Å². The molecular weight excluding hydrogens is 328 g/mol. The van der Waals surface area contributed by atoms with Gasteiger partial charge in [0, 0.05) is 0 Å². The molecule has 6 atom stereocenters. The van der Waals surface area contributed by atoms with Crippen molar-refractivity contribution in [2.75, 3.05) is 39.6 Å². The molecule has 3 rings (SSSR count). The molecule has 25 heavy (non-hydrogen) atoms. The predicted octanol–water partition coefficient (Wildman–Crippen LogP) is 1.17. The maximum absolute atomic E-state index is 6.07. The van der Waals surface area contributed by atoms with Crippen molar-refractivity contribution in [3.05, 3.63) is 0 Å². The van der Waals surface area contributed by atoms with E-state index in [9.17, 15) is 0 Å². The molecule has 146 valence electrons. The monoisotopic (exact) mass is 360 g/mol. The fourth-order valence-corrected chi connectivity index (χ4v) is 3.12. The molecule has 6 unspecified atom stereocenters. The number of rotatable bonds is 11. The highest BCUT2D eigenvalue weighted by Gasteiger charge is 2.49. The lowest BCUT2D eigenvalue weighted by atomic mass is 10.1. The zero-order chi connectivity index (χ0) is 17.8. The maximum Gasteiger partial charge on any atom is 0.115 e. The zero-order valence-corrected chi connectivity index (χ0v) is 15.7. The van der Waals surface area contributed by atoms with Crippen LogP contribution in [0.1, 0.15) is 27.7 Å². The van der Waals surface area contributed by atoms with Crippen molar-refractivity contribution >= 4 is 0 Å². The molecule has 0 aromatic heterocycles. The van der Waals surface area contributed by atoms with Crippen LogP contribution in [0.2, 0.25) is 0 Å². The van der Waals surface area contributed by atoms with Gasteiger partial charge in [-0.05, 0) is 27.7 Å². The summed E-state index contributed by atoms with van der Waals surface area (Å²) in [5, 5.41) is 0. The second-order valence-electron chi connectivity index (χ2n) is 7.48. The largest absolute Gasteiger partial charge is 0.376 e. The fourth-order valence-electron chi connectivity index (χ4n) is 3.12. The molecule has 3 fully saturated rings. The molecule has 0 spiro atoms. The van der Waals surface area contributed by atoms with Gasteiger partial charge in [0.05, 0.1) is 51.8 Å². The lowest BCUT2D eigenvalue weighted by Crippen LogP contribution is -2.37. The number of hydrogen-bond acceptors (Lipinski definition) is 7. The Balaban J connectivity index is 1.43. The third kappa shape index (κ3) is 5.85. The molecule has 0 saturated carbocycles. The molecule has 0 aliphatic carbocycles. The van der Waals surface area contributed by atoms with Crippen LogP contribution in [0.5, 0.6) is 0 Å². The zero-order valence-electron chi connectivity index (χ0n) is 15.7. The minimum absolute atomic E-state index is 0.0121. The Hall–Kier alpha value is -0.280. The van der Waals surface area contributed by atoms with Crippen LogP contribution < -0.4 is 0 Å². The number of ether oxygens (including phenoxy) is 7. The van der Waals surface area contributed by atoms with Crippen molar-refractivity contribution in [2.24, 2.45) is 0 Å². The van der Waals surface area contributed by atoms with E-state index >= 15 is 0 Å². The molecule has 0 aromatic carbocycles. The van der Waals surface area contributed by atoms with Crippen LogP contribution in [0.15, 0.2) is 0 Å². The first kappa shape index (κ1) is 19.5. The number of hydrogen-bond donors (Lipinski definition) is 0. The lowest BCUT2D eigenvalue weighted by molar-refractivity contribution is -0.108. The van der Waals surface area contributed by atoms with Gasteiger partial charge in [0.1, 0.15) is 36.6 Å². The van der Waals surface area contributed by atoms with Gasteiger partial charge in [0.25, 0.3) is 0 Å². The predicted molar refractivity (Wildman–Crippen MR) is 89.8 cm³/mol. The SMILES string of the molecule is CC(C)OCC(COC1COC2C(OC(C)C)COC12)OCC1CO1. The quantitative estimate of drug-likeness (QED) is 0.512. The third-order valence-electron chi connectivity index (χ3n) is 4.44. The van der Waals surface area contributed by atoms with Crippen LogP contribution in [0, 0.1) is 0 Å². The average molecular weight is 360 g/mol. The van der Waals surface area contributed by atoms with Crippen molar-refractivity contribution in [3.8, 4) is 0 Å². The molecular formula is C18H32O7. The molecule has 7 nitrogen and oxygen atoms in total. The van der Waals surface area contributed by atoms with Crippen molar-refractivity contribution in [2.45, 2.75) is 76.5 Å². The first-order valence-corrected chi connectivity index (χ1v) is 9.38. The molecule has 7 heteroatoms. The van der Waals surface area contributed by atoms with Gasteiger partial charge in [0.2, 0.25) is 0 Å². The van der Waals surface area contributed by atoms with Gasteiger partial charge in [-0.2, -0.15) is 0 Å². The lowest BCUT2D eigenvalue weighted by Gasteiger charge is -2.23. The van der Waals surface area contributed by atoms with Crippen LogP contribution >= 0.6 is 0 Å². The van der Waals surface area contributed by atoms with Gasteiger partial charge in [-0.25, -0.2) is 0 Å². The first-order chi connectivity index (χ1) is 12.0. The molecule has 0 amide bonds. The third-order valence-corrected chi connectivity index (χ3v) is 4.44. The average Bonchev–Trinajstić information content (AvgIpc) is 3.17. The Bertz CT molecular complexity index is 393. The van der Waals surface area contributed by atoms with Crippen LogP contribution in [-0.4, -0.2) is 88.5 Å². The standard InChI is InChI=1S/C18H32O7/c1-11(2)19-5-13(20-6-14-7-21-14)8-22-15-9-23-18-16(25-12(3)4)10-24-17(15)18/h11-18H,5-10H2,1-4H3. The summed E-state index contributed by atoms with van der Waals surface area (Å²) in [6, 6.07) is 0. The summed E-state index contributed by atoms with van der Waals surface area (Å²) in [4.78, 5) is 0. The highest BCUT2D eigenvalue weighted by atomic mass is 16.7. The Labute approximate surface area is 150 Å². The Morgan fingerprint density at radius 1 is 0.800 bits per heavy atom. The van der Waals surface area contributed by atoms with Crippen LogP contribution in [0.25, 0.3) is 0 Å². The smallest absolute Gasteiger partial charge is 0.115 e. The van der Waals surface area contributed by atoms with E-state index in [4.69, 9.17) is 33.2 Å². The summed E-state index contributed by atoms with van der Waals surface area (Å²) in [6.45, 7) is 11.5. The van der Waals surface area contributed by atoms with Crippen LogP contribution in [-0.2, 0) is 33.2 Å². The first-order valence-electron chi connectivity index (χ1n) is 9.38. The van der Waals surface area contributed by atoms with Gasteiger partial charge in [-0.1, -0.05) is 0 Å². The van der Waals surface area contributed by atoms with E-state index in [1.807, 2.05) is 27.7 Å². The molecule has 0 bridgehead atoms. The van der Waals surface area contributed by atoms with Crippen molar-refractivity contribution in [1.29, 1.82) is 0 Å². The highest BCUT2D eigenvalue weighted by Crippen LogP contribution is 2.31. The van der Waals surface area contributed by atoms with Gasteiger partial charge in [-0.15, -0.1) is 0 Å². The van der Waals surface area contributed by atoms with E-state index in [-0.39, 0.29) is 48.8 Å². The van der Waals surface area contributed by atoms with Gasteiger partial charge >= 0.3 is 0 Å². The van der Waals surface area contributed by atoms with Crippen LogP contribution in [0.3, 0.4) is 0 Å². The van der Waals surface area contributed by atoms with Crippen molar-refractivity contribution < 1.29 is 33.2 Å². The van der Waals surface area contributed by atoms with Crippen molar-refractivity contribution in [1.82, 2.24) is 0 Å². The van der Waals surface area contributed by atoms with E-state index in [1.165, 1.54) is 0 Å². The van der Waals surface area contributed by atoms with Gasteiger partial charge in [0.15, 0.2) is 0 Å². The second kappa shape index (κ2) is 9.08. The molecule has 0 N–H and O–H groups in total. The Morgan fingerprint density at radius 2 is 1.48 bits per heavy atom. The topological polar surface area (TPSA) is 67.9 Å². The minimum Gasteiger partial charge on any atom is -0.376 e. The summed E-state index contributed by atoms with van der Waals surface area (Å²) >= 11 is 0. The molecule has 0 aromatic rings. The summed E-state index contributed by atoms with van der Waals surface area (Å²) in [5.74, 6) is 0. The van der Waals surface area contributed by atoms with E-state index in [0.29, 0.717) is 33.0 Å². The summed E-state index contributed by atoms with van der Waals surface area (Å²) in [6.07, 6.45) is 0.222. The second-order valence-corrected chi connectivity index (χ2v) is 7.48. The Morgan fingerprint density at radius 3 is 2.12 bits per heavy atom. The number of epoxide rings is 1. The molecule has 3 aliphatic heterocycles.